The summed E-state index contributed by atoms with van der Waals surface area (Å²) in [6.45, 7) is 1.61. The van der Waals surface area contributed by atoms with Gasteiger partial charge >= 0.3 is 0 Å². The maximum absolute atomic E-state index is 13.7. The van der Waals surface area contributed by atoms with Crippen LogP contribution in [0.1, 0.15) is 50.6 Å². The Hall–Kier alpha value is -2.29. The number of benzene rings is 2. The minimum Gasteiger partial charge on any atom is -0.493 e. The lowest BCUT2D eigenvalue weighted by Gasteiger charge is -2.33. The van der Waals surface area contributed by atoms with Gasteiger partial charge in [0.15, 0.2) is 11.5 Å². The van der Waals surface area contributed by atoms with E-state index in [4.69, 9.17) is 21.1 Å². The Morgan fingerprint density at radius 3 is 2.30 bits per heavy atom. The van der Waals surface area contributed by atoms with Gasteiger partial charge in [0, 0.05) is 17.1 Å². The van der Waals surface area contributed by atoms with Crippen LogP contribution >= 0.6 is 11.6 Å². The van der Waals surface area contributed by atoms with Gasteiger partial charge in [-0.1, -0.05) is 43.0 Å². The van der Waals surface area contributed by atoms with Crippen LogP contribution in [0.4, 0.5) is 0 Å². The van der Waals surface area contributed by atoms with E-state index in [1.807, 2.05) is 19.1 Å². The second kappa shape index (κ2) is 11.2. The molecule has 2 aromatic rings. The minimum atomic E-state index is -3.94. The third kappa shape index (κ3) is 6.19. The summed E-state index contributed by atoms with van der Waals surface area (Å²) in [5.41, 5.74) is 0.889. The van der Waals surface area contributed by atoms with Crippen molar-refractivity contribution in [1.29, 1.82) is 0 Å². The molecule has 1 unspecified atom stereocenters. The highest BCUT2D eigenvalue weighted by atomic mass is 35.5. The van der Waals surface area contributed by atoms with Crippen molar-refractivity contribution in [2.45, 2.75) is 56.0 Å². The summed E-state index contributed by atoms with van der Waals surface area (Å²) in [6.07, 6.45) is 4.40. The number of halogens is 1. The fourth-order valence-electron chi connectivity index (χ4n) is 4.16. The highest BCUT2D eigenvalue weighted by Gasteiger charge is 2.34. The Morgan fingerprint density at radius 2 is 1.70 bits per heavy atom. The molecule has 3 rings (SSSR count). The van der Waals surface area contributed by atoms with Gasteiger partial charge in [0.2, 0.25) is 15.9 Å². The predicted molar refractivity (Wildman–Crippen MR) is 128 cm³/mol. The Bertz CT molecular complexity index is 1050. The standard InChI is InChI=1S/C24H31ClN2O5S/c1-17(18-9-11-19(25)12-10-18)26-24(28)16-27(20-7-5-4-6-8-20)33(29,30)21-13-14-22(31-2)23(15-21)32-3/h9-15,17,20H,4-8,16H2,1-3H3,(H,26,28). The third-order valence-electron chi connectivity index (χ3n) is 5.99. The van der Waals surface area contributed by atoms with E-state index >= 15 is 0 Å². The van der Waals surface area contributed by atoms with E-state index < -0.39 is 10.0 Å². The molecule has 0 aromatic heterocycles. The molecule has 1 aliphatic rings. The summed E-state index contributed by atoms with van der Waals surface area (Å²) in [5.74, 6) is 0.408. The number of nitrogens with one attached hydrogen (secondary N) is 1. The summed E-state index contributed by atoms with van der Waals surface area (Å²) in [5, 5.41) is 3.53. The zero-order valence-corrected chi connectivity index (χ0v) is 20.8. The number of hydrogen-bond donors (Lipinski definition) is 1. The second-order valence-corrected chi connectivity index (χ2v) is 10.5. The first kappa shape index (κ1) is 25.3. The summed E-state index contributed by atoms with van der Waals surface area (Å²) in [6, 6.07) is 11.2. The fourth-order valence-corrected chi connectivity index (χ4v) is 5.94. The number of methoxy groups -OCH3 is 2. The Kier molecular flexibility index (Phi) is 8.62. The maximum Gasteiger partial charge on any atom is 0.243 e. The zero-order chi connectivity index (χ0) is 24.0. The first-order chi connectivity index (χ1) is 15.8. The van der Waals surface area contributed by atoms with Crippen LogP contribution in [-0.2, 0) is 14.8 Å². The maximum atomic E-state index is 13.7. The summed E-state index contributed by atoms with van der Waals surface area (Å²) in [4.78, 5) is 13.0. The van der Waals surface area contributed by atoms with Crippen LogP contribution in [0.3, 0.4) is 0 Å². The molecule has 1 atom stereocenters. The van der Waals surface area contributed by atoms with Gasteiger partial charge in [-0.3, -0.25) is 4.79 Å². The molecular formula is C24H31ClN2O5S. The molecule has 1 aliphatic carbocycles. The van der Waals surface area contributed by atoms with Crippen LogP contribution in [0.2, 0.25) is 5.02 Å². The van der Waals surface area contributed by atoms with Crippen molar-refractivity contribution in [1.82, 2.24) is 9.62 Å². The van der Waals surface area contributed by atoms with E-state index in [9.17, 15) is 13.2 Å². The average Bonchev–Trinajstić information content (AvgIpc) is 2.82. The van der Waals surface area contributed by atoms with Crippen molar-refractivity contribution >= 4 is 27.5 Å². The fraction of sp³-hybridized carbons (Fsp3) is 0.458. The van der Waals surface area contributed by atoms with E-state index in [0.717, 1.165) is 37.7 Å². The number of ether oxygens (including phenoxy) is 2. The third-order valence-corrected chi connectivity index (χ3v) is 8.14. The van der Waals surface area contributed by atoms with E-state index in [1.165, 1.54) is 30.7 Å². The molecular weight excluding hydrogens is 464 g/mol. The monoisotopic (exact) mass is 494 g/mol. The minimum absolute atomic E-state index is 0.0734. The van der Waals surface area contributed by atoms with Crippen LogP contribution in [-0.4, -0.2) is 45.4 Å². The number of hydrogen-bond acceptors (Lipinski definition) is 5. The van der Waals surface area contributed by atoms with Crippen molar-refractivity contribution in [3.63, 3.8) is 0 Å². The average molecular weight is 495 g/mol. The lowest BCUT2D eigenvalue weighted by atomic mass is 9.95. The molecule has 7 nitrogen and oxygen atoms in total. The van der Waals surface area contributed by atoms with Crippen LogP contribution < -0.4 is 14.8 Å². The quantitative estimate of drug-likeness (QED) is 0.552. The molecule has 1 fully saturated rings. The van der Waals surface area contributed by atoms with Crippen LogP contribution in [0.15, 0.2) is 47.4 Å². The van der Waals surface area contributed by atoms with E-state index in [0.29, 0.717) is 16.5 Å². The number of carbonyl (C=O) groups is 1. The smallest absolute Gasteiger partial charge is 0.243 e. The molecule has 0 aliphatic heterocycles. The van der Waals surface area contributed by atoms with Gasteiger partial charge in [0.05, 0.1) is 31.7 Å². The van der Waals surface area contributed by atoms with Crippen molar-refractivity contribution in [2.75, 3.05) is 20.8 Å². The molecule has 1 saturated carbocycles. The SMILES string of the molecule is COc1ccc(S(=O)(=O)N(CC(=O)NC(C)c2ccc(Cl)cc2)C2CCCCC2)cc1OC. The van der Waals surface area contributed by atoms with E-state index in [1.54, 1.807) is 18.2 Å². The van der Waals surface area contributed by atoms with Crippen LogP contribution in [0.25, 0.3) is 0 Å². The lowest BCUT2D eigenvalue weighted by Crippen LogP contribution is -2.47. The summed E-state index contributed by atoms with van der Waals surface area (Å²) < 4.78 is 39.2. The summed E-state index contributed by atoms with van der Waals surface area (Å²) in [7, 11) is -0.990. The van der Waals surface area contributed by atoms with Gasteiger partial charge in [-0.15, -0.1) is 0 Å². The molecule has 0 spiro atoms. The highest BCUT2D eigenvalue weighted by molar-refractivity contribution is 7.89. The lowest BCUT2D eigenvalue weighted by molar-refractivity contribution is -0.122. The highest BCUT2D eigenvalue weighted by Crippen LogP contribution is 2.33. The topological polar surface area (TPSA) is 84.9 Å². The van der Waals surface area contributed by atoms with Gasteiger partial charge in [0.25, 0.3) is 0 Å². The molecule has 0 radical (unpaired) electrons. The van der Waals surface area contributed by atoms with E-state index in [2.05, 4.69) is 5.32 Å². The largest absolute Gasteiger partial charge is 0.493 e. The number of sulfonamides is 1. The van der Waals surface area contributed by atoms with E-state index in [-0.39, 0.29) is 29.4 Å². The first-order valence-electron chi connectivity index (χ1n) is 11.0. The molecule has 1 amide bonds. The number of amides is 1. The molecule has 1 N–H and O–H groups in total. The van der Waals surface area contributed by atoms with Crippen molar-refractivity contribution < 1.29 is 22.7 Å². The Balaban J connectivity index is 1.85. The molecule has 0 heterocycles. The molecule has 2 aromatic carbocycles. The number of rotatable bonds is 9. The normalized spacial score (nSPS) is 15.8. The van der Waals surface area contributed by atoms with Gasteiger partial charge in [-0.25, -0.2) is 8.42 Å². The first-order valence-corrected chi connectivity index (χ1v) is 12.9. The van der Waals surface area contributed by atoms with Gasteiger partial charge in [-0.2, -0.15) is 4.31 Å². The second-order valence-electron chi connectivity index (χ2n) is 8.20. The van der Waals surface area contributed by atoms with Crippen molar-refractivity contribution in [2.24, 2.45) is 0 Å². The predicted octanol–water partition coefficient (Wildman–Crippen LogP) is 4.56. The van der Waals surface area contributed by atoms with Gasteiger partial charge in [0.1, 0.15) is 0 Å². The summed E-state index contributed by atoms with van der Waals surface area (Å²) >= 11 is 5.95. The van der Waals surface area contributed by atoms with Crippen molar-refractivity contribution in [3.05, 3.63) is 53.1 Å². The Labute approximate surface area is 201 Å². The number of nitrogens with zero attached hydrogens (tertiary/aromatic N) is 1. The molecule has 9 heteroatoms. The zero-order valence-electron chi connectivity index (χ0n) is 19.2. The van der Waals surface area contributed by atoms with Gasteiger partial charge < -0.3 is 14.8 Å². The Morgan fingerprint density at radius 1 is 1.06 bits per heavy atom. The van der Waals surface area contributed by atoms with Gasteiger partial charge in [-0.05, 0) is 49.6 Å². The number of carbonyl (C=O) groups excluding carboxylic acids is 1. The van der Waals surface area contributed by atoms with Crippen LogP contribution in [0.5, 0.6) is 11.5 Å². The molecule has 33 heavy (non-hydrogen) atoms. The molecule has 0 bridgehead atoms. The molecule has 180 valence electrons. The molecule has 0 saturated heterocycles. The van der Waals surface area contributed by atoms with Crippen LogP contribution in [0, 0.1) is 0 Å². The van der Waals surface area contributed by atoms with Crippen molar-refractivity contribution in [3.8, 4) is 11.5 Å².